The maximum absolute atomic E-state index is 14.9. The number of aliphatic hydroxyl groups excluding tert-OH is 1. The molecule has 4 bridgehead atoms. The number of quaternary nitrogens is 1. The number of fused-ring (bicyclic) bond motifs is 2. The van der Waals surface area contributed by atoms with Crippen molar-refractivity contribution in [2.45, 2.75) is 126 Å². The third kappa shape index (κ3) is 10.5. The van der Waals surface area contributed by atoms with Crippen molar-refractivity contribution in [1.29, 1.82) is 0 Å². The van der Waals surface area contributed by atoms with Gasteiger partial charge in [-0.05, 0) is 76.1 Å². The van der Waals surface area contributed by atoms with Gasteiger partial charge in [0.25, 0.3) is 11.7 Å². The van der Waals surface area contributed by atoms with E-state index in [1.54, 1.807) is 49.4 Å². The van der Waals surface area contributed by atoms with Crippen LogP contribution in [0, 0.1) is 36.5 Å². The number of allylic oxidation sites excluding steroid dienone is 2. The van der Waals surface area contributed by atoms with Crippen LogP contribution in [0.1, 0.15) is 103 Å². The van der Waals surface area contributed by atoms with E-state index in [4.69, 9.17) is 33.1 Å². The fraction of sp³-hybridized carbons (Fsp3) is 0.466. The number of anilines is 1. The van der Waals surface area contributed by atoms with Crippen molar-refractivity contribution in [3.05, 3.63) is 111 Å². The number of ether oxygens (including phenoxy) is 5. The van der Waals surface area contributed by atoms with Crippen LogP contribution in [-0.2, 0) is 37.0 Å². The van der Waals surface area contributed by atoms with Crippen LogP contribution in [0.3, 0.4) is 0 Å². The standard InChI is InChI=1S/C58H71N3O12/c1-30-19-18-20-31(2)56(67)60-48-51(65)45-44(47-54(48)72-43-27-40(23-24-41(43)59-47)69-29-39-22-17-16-21-38(39)28-61(13,14)57(9,10)11)46-53(36(7)50(45)64)73-58(12,55(46)66)70-26-25-42(68-15)35(6)52(71-37(8)62)34(5)32(3)33(4)49(30)63/h16-27,30,32-35,42,49,52,63H,28-29H2,1-15H3,(H-,59,60,64,65,66,67)/p+1/b19-18+,26-25+,31-20-/t30-,32+,33-,34+,35+,42-,49-,52-,58-/m0/s1. The van der Waals surface area contributed by atoms with E-state index in [1.165, 1.54) is 34.1 Å². The molecule has 0 saturated heterocycles. The first-order valence-corrected chi connectivity index (χ1v) is 25.0. The zero-order valence-corrected chi connectivity index (χ0v) is 44.8. The Morgan fingerprint density at radius 3 is 2.27 bits per heavy atom. The molecule has 1 aromatic heterocycles. The number of carbonyl (C=O) groups excluding carboxylic acids is 3. The first-order valence-electron chi connectivity index (χ1n) is 25.0. The molecule has 73 heavy (non-hydrogen) atoms. The molecule has 2 aliphatic rings. The van der Waals surface area contributed by atoms with Gasteiger partial charge in [0, 0.05) is 60.9 Å². The summed E-state index contributed by atoms with van der Waals surface area (Å²) < 4.78 is 38.1. The van der Waals surface area contributed by atoms with E-state index in [-0.39, 0.29) is 91.4 Å². The Morgan fingerprint density at radius 2 is 1.62 bits per heavy atom. The highest BCUT2D eigenvalue weighted by Gasteiger charge is 2.50. The van der Waals surface area contributed by atoms with Gasteiger partial charge in [0.1, 0.15) is 47.5 Å². The molecule has 15 nitrogen and oxygen atoms in total. The Bertz CT molecular complexity index is 3130. The summed E-state index contributed by atoms with van der Waals surface area (Å²) in [6.07, 6.45) is 5.75. The maximum atomic E-state index is 14.9. The van der Waals surface area contributed by atoms with E-state index >= 15 is 0 Å². The van der Waals surface area contributed by atoms with Crippen molar-refractivity contribution in [2.75, 3.05) is 26.5 Å². The highest BCUT2D eigenvalue weighted by atomic mass is 16.7. The number of amides is 1. The molecule has 3 heterocycles. The van der Waals surface area contributed by atoms with Crippen molar-refractivity contribution in [3.63, 3.8) is 0 Å². The van der Waals surface area contributed by atoms with Crippen LogP contribution in [0.4, 0.5) is 5.69 Å². The third-order valence-electron chi connectivity index (χ3n) is 15.8. The minimum atomic E-state index is -2.02. The second-order valence-electron chi connectivity index (χ2n) is 21.8. The lowest BCUT2D eigenvalue weighted by molar-refractivity contribution is -0.948. The Morgan fingerprint density at radius 1 is 0.932 bits per heavy atom. The summed E-state index contributed by atoms with van der Waals surface area (Å²) in [5, 5.41) is 26.4. The number of methoxy groups -OCH3 is 1. The number of aromatic hydroxyl groups is 1. The molecule has 0 fully saturated rings. The highest BCUT2D eigenvalue weighted by Crippen LogP contribution is 2.49. The van der Waals surface area contributed by atoms with Crippen LogP contribution >= 0.6 is 0 Å². The number of aliphatic hydroxyl groups is 1. The number of rotatable bonds is 7. The van der Waals surface area contributed by atoms with Crippen LogP contribution in [0.15, 0.2) is 87.8 Å². The molecule has 4 aromatic carbocycles. The second-order valence-corrected chi connectivity index (χ2v) is 21.8. The average Bonchev–Trinajstić information content (AvgIpc) is 3.60. The number of nitrogens with one attached hydrogen (secondary N) is 1. The molecule has 0 radical (unpaired) electrons. The van der Waals surface area contributed by atoms with Gasteiger partial charge in [-0.1, -0.05) is 77.1 Å². The van der Waals surface area contributed by atoms with Gasteiger partial charge in [0.15, 0.2) is 22.3 Å². The normalized spacial score (nSPS) is 27.0. The monoisotopic (exact) mass is 1000 g/mol. The molecule has 0 saturated carbocycles. The molecule has 390 valence electrons. The lowest BCUT2D eigenvalue weighted by Gasteiger charge is -2.42. The molecule has 2 aliphatic heterocycles. The number of Topliss-reactive ketones (excluding diaryl/α,β-unsaturated/α-hetero) is 1. The minimum Gasteiger partial charge on any atom is -0.505 e. The van der Waals surface area contributed by atoms with E-state index in [1.807, 2.05) is 52.8 Å². The molecule has 3 N–H and O–H groups in total. The zero-order chi connectivity index (χ0) is 53.6. The van der Waals surface area contributed by atoms with Gasteiger partial charge in [-0.15, -0.1) is 0 Å². The summed E-state index contributed by atoms with van der Waals surface area (Å²) >= 11 is 0. The molecule has 1 amide bonds. The fourth-order valence-corrected chi connectivity index (χ4v) is 9.77. The molecule has 7 rings (SSSR count). The fourth-order valence-electron chi connectivity index (χ4n) is 9.77. The first kappa shape index (κ1) is 54.2. The minimum absolute atomic E-state index is 0.00841. The molecule has 0 unspecified atom stereocenters. The number of esters is 1. The molecule has 5 aromatic rings. The summed E-state index contributed by atoms with van der Waals surface area (Å²) in [5.74, 6) is -5.57. The van der Waals surface area contributed by atoms with Gasteiger partial charge in [-0.3, -0.25) is 19.2 Å². The lowest BCUT2D eigenvalue weighted by atomic mass is 9.73. The predicted molar refractivity (Wildman–Crippen MR) is 281 cm³/mol. The molecule has 9 atom stereocenters. The van der Waals surface area contributed by atoms with Crippen LogP contribution < -0.4 is 20.2 Å². The van der Waals surface area contributed by atoms with E-state index in [0.717, 1.165) is 22.2 Å². The molecule has 0 aliphatic carbocycles. The summed E-state index contributed by atoms with van der Waals surface area (Å²) in [6.45, 7) is 23.2. The van der Waals surface area contributed by atoms with Crippen LogP contribution in [0.25, 0.3) is 33.0 Å². The molecule has 0 spiro atoms. The van der Waals surface area contributed by atoms with Gasteiger partial charge in [-0.25, -0.2) is 4.98 Å². The van der Waals surface area contributed by atoms with Crippen LogP contribution in [0.2, 0.25) is 0 Å². The number of benzene rings is 4. The summed E-state index contributed by atoms with van der Waals surface area (Å²) in [7, 11) is 5.91. The Hall–Kier alpha value is -6.55. The van der Waals surface area contributed by atoms with Crippen molar-refractivity contribution in [1.82, 2.24) is 4.98 Å². The largest absolute Gasteiger partial charge is 0.505 e. The zero-order valence-electron chi connectivity index (χ0n) is 44.8. The van der Waals surface area contributed by atoms with E-state index < -0.39 is 58.9 Å². The van der Waals surface area contributed by atoms with Crippen molar-refractivity contribution in [2.24, 2.45) is 29.6 Å². The van der Waals surface area contributed by atoms with Gasteiger partial charge < -0.3 is 48.1 Å². The van der Waals surface area contributed by atoms with Gasteiger partial charge >= 0.3 is 11.8 Å². The quantitative estimate of drug-likeness (QED) is 0.0459. The Labute approximate surface area is 427 Å². The van der Waals surface area contributed by atoms with Gasteiger partial charge in [0.05, 0.1) is 49.1 Å². The number of phenolic OH excluding ortho intramolecular Hbond substituents is 1. The lowest BCUT2D eigenvalue weighted by Crippen LogP contribution is -2.53. The number of hydrogen-bond donors (Lipinski definition) is 3. The first-order chi connectivity index (χ1) is 34.2. The number of hydrogen-bond acceptors (Lipinski definition) is 13. The molecular weight excluding hydrogens is 931 g/mol. The Balaban J connectivity index is 1.39. The Kier molecular flexibility index (Phi) is 15.4. The third-order valence-corrected chi connectivity index (χ3v) is 15.8. The van der Waals surface area contributed by atoms with Crippen molar-refractivity contribution >= 4 is 56.3 Å². The SMILES string of the molecule is CO[C@H]1/C=C/O[C@@]2(C)Oc3c(C)c(=O)c4c(O)c(c5oc6cc(OCc7ccccc7C[N+](C)(C)C(C)(C)C)ccc6nc5c4c3C2=O)NC(=O)/C(C)=C\C=C\[C@H](C)[C@H](O)[C@@H](C)[C@@H](C)[C@@H](C)[C@H](OC(C)=O)[C@@H]1C. The number of carbonyl (C=O) groups is 3. The number of ketones is 1. The number of nitrogens with zero attached hydrogens (tertiary/aromatic N) is 2. The van der Waals surface area contributed by atoms with E-state index in [9.17, 15) is 29.4 Å². The summed E-state index contributed by atoms with van der Waals surface area (Å²) in [4.78, 5) is 61.1. The summed E-state index contributed by atoms with van der Waals surface area (Å²) in [5.41, 5.74) is 1.77. The number of phenols is 1. The van der Waals surface area contributed by atoms with Gasteiger partial charge in [-0.2, -0.15) is 0 Å². The van der Waals surface area contributed by atoms with E-state index in [2.05, 4.69) is 46.2 Å². The van der Waals surface area contributed by atoms with Crippen LogP contribution in [-0.4, -0.2) is 88.2 Å². The summed E-state index contributed by atoms with van der Waals surface area (Å²) in [6, 6.07) is 13.2. The topological polar surface area (TPSA) is 193 Å². The highest BCUT2D eigenvalue weighted by molar-refractivity contribution is 6.26. The van der Waals surface area contributed by atoms with Crippen LogP contribution in [0.5, 0.6) is 17.2 Å². The second kappa shape index (κ2) is 20.8. The van der Waals surface area contributed by atoms with E-state index in [0.29, 0.717) is 11.3 Å². The average molecular weight is 1000 g/mol. The smallest absolute Gasteiger partial charge is 0.312 e. The molecule has 15 heteroatoms. The maximum Gasteiger partial charge on any atom is 0.312 e. The molecular formula is C58H72N3O12+. The van der Waals surface area contributed by atoms with Crippen molar-refractivity contribution in [3.8, 4) is 17.2 Å². The number of aromatic nitrogens is 1. The predicted octanol–water partition coefficient (Wildman–Crippen LogP) is 10.2. The van der Waals surface area contributed by atoms with Crippen molar-refractivity contribution < 1.29 is 57.2 Å². The van der Waals surface area contributed by atoms with Gasteiger partial charge in [0.2, 0.25) is 0 Å².